The van der Waals surface area contributed by atoms with Gasteiger partial charge in [-0.2, -0.15) is 0 Å². The predicted octanol–water partition coefficient (Wildman–Crippen LogP) is 2.74. The number of carbonyl (C=O) groups is 1. The summed E-state index contributed by atoms with van der Waals surface area (Å²) in [6.07, 6.45) is 3.69. The molecule has 0 aromatic heterocycles. The first-order valence-electron chi connectivity index (χ1n) is 9.94. The Morgan fingerprint density at radius 3 is 2.41 bits per heavy atom. The Hall–Kier alpha value is -2.22. The second kappa shape index (κ2) is 8.26. The average molecular weight is 415 g/mol. The first-order valence-corrected chi connectivity index (χ1v) is 11.4. The number of amides is 1. The Kier molecular flexibility index (Phi) is 5.72. The molecule has 0 aliphatic heterocycles. The Bertz CT molecular complexity index is 991. The molecule has 1 fully saturated rings. The molecular formula is C22H26N2O4S. The van der Waals surface area contributed by atoms with E-state index in [1.54, 1.807) is 24.3 Å². The fraction of sp³-hybridized carbons (Fsp3) is 0.409. The van der Waals surface area contributed by atoms with E-state index in [1.165, 1.54) is 18.2 Å². The van der Waals surface area contributed by atoms with Crippen LogP contribution in [0.1, 0.15) is 24.0 Å². The van der Waals surface area contributed by atoms with Crippen LogP contribution in [0.25, 0.3) is 0 Å². The second-order valence-electron chi connectivity index (χ2n) is 7.93. The minimum atomic E-state index is -3.54. The summed E-state index contributed by atoms with van der Waals surface area (Å²) in [5.41, 5.74) is 3.19. The number of rotatable bonds is 6. The van der Waals surface area contributed by atoms with Gasteiger partial charge in [0, 0.05) is 18.8 Å². The van der Waals surface area contributed by atoms with Gasteiger partial charge < -0.3 is 10.1 Å². The van der Waals surface area contributed by atoms with E-state index in [-0.39, 0.29) is 30.4 Å². The molecule has 154 valence electrons. The van der Waals surface area contributed by atoms with Crippen molar-refractivity contribution in [1.29, 1.82) is 0 Å². The van der Waals surface area contributed by atoms with Crippen molar-refractivity contribution in [3.05, 3.63) is 59.7 Å². The highest BCUT2D eigenvalue weighted by molar-refractivity contribution is 7.89. The van der Waals surface area contributed by atoms with Crippen molar-refractivity contribution in [3.63, 3.8) is 0 Å². The van der Waals surface area contributed by atoms with Crippen LogP contribution in [0.2, 0.25) is 0 Å². The summed E-state index contributed by atoms with van der Waals surface area (Å²) in [5, 5.41) is 2.85. The van der Waals surface area contributed by atoms with Crippen molar-refractivity contribution in [2.24, 2.45) is 11.8 Å². The Morgan fingerprint density at radius 2 is 1.72 bits per heavy atom. The minimum absolute atomic E-state index is 0.0190. The van der Waals surface area contributed by atoms with Gasteiger partial charge in [-0.25, -0.2) is 13.1 Å². The van der Waals surface area contributed by atoms with E-state index in [4.69, 9.17) is 4.74 Å². The summed E-state index contributed by atoms with van der Waals surface area (Å²) in [5.74, 6) is 0.356. The number of sulfonamides is 1. The van der Waals surface area contributed by atoms with E-state index in [2.05, 4.69) is 16.1 Å². The molecule has 0 radical (unpaired) electrons. The van der Waals surface area contributed by atoms with E-state index in [9.17, 15) is 13.2 Å². The normalized spacial score (nSPS) is 23.3. The van der Waals surface area contributed by atoms with Crippen LogP contribution in [0.15, 0.2) is 53.4 Å². The van der Waals surface area contributed by atoms with Gasteiger partial charge >= 0.3 is 0 Å². The van der Waals surface area contributed by atoms with Gasteiger partial charge in [-0.05, 0) is 72.9 Å². The van der Waals surface area contributed by atoms with Gasteiger partial charge in [-0.15, -0.1) is 0 Å². The van der Waals surface area contributed by atoms with E-state index >= 15 is 0 Å². The quantitative estimate of drug-likeness (QED) is 0.761. The smallest absolute Gasteiger partial charge is 0.250 e. The second-order valence-corrected chi connectivity index (χ2v) is 9.64. The molecule has 3 unspecified atom stereocenters. The third-order valence-corrected chi connectivity index (χ3v) is 7.47. The maximum atomic E-state index is 12.9. The molecule has 29 heavy (non-hydrogen) atoms. The zero-order valence-electron chi connectivity index (χ0n) is 16.4. The van der Waals surface area contributed by atoms with Gasteiger partial charge in [-0.1, -0.05) is 24.3 Å². The number of benzene rings is 2. The Balaban J connectivity index is 1.53. The molecule has 1 amide bonds. The molecule has 2 aliphatic rings. The van der Waals surface area contributed by atoms with Crippen LogP contribution in [-0.2, 0) is 32.4 Å². The third kappa shape index (κ3) is 4.37. The average Bonchev–Trinajstić information content (AvgIpc) is 2.97. The highest BCUT2D eigenvalue weighted by atomic mass is 32.2. The molecule has 0 saturated heterocycles. The van der Waals surface area contributed by atoms with Gasteiger partial charge in [0.15, 0.2) is 0 Å². The summed E-state index contributed by atoms with van der Waals surface area (Å²) in [6.45, 7) is 0.0190. The number of ether oxygens (including phenoxy) is 1. The SMILES string of the molecule is COCC(=O)Nc1ccc2c(c1)CC1CCC(C2)C1NS(=O)(=O)c1ccccc1. The van der Waals surface area contributed by atoms with Crippen LogP contribution in [0, 0.1) is 11.8 Å². The van der Waals surface area contributed by atoms with Crippen LogP contribution >= 0.6 is 0 Å². The van der Waals surface area contributed by atoms with Gasteiger partial charge in [0.2, 0.25) is 15.9 Å². The number of carbonyl (C=O) groups excluding carboxylic acids is 1. The van der Waals surface area contributed by atoms with Crippen molar-refractivity contribution >= 4 is 21.6 Å². The monoisotopic (exact) mass is 414 g/mol. The van der Waals surface area contributed by atoms with Crippen LogP contribution in [-0.4, -0.2) is 34.1 Å². The molecule has 2 N–H and O–H groups in total. The topological polar surface area (TPSA) is 84.5 Å². The highest BCUT2D eigenvalue weighted by Crippen LogP contribution is 2.41. The molecule has 0 spiro atoms. The molecule has 0 heterocycles. The van der Waals surface area contributed by atoms with Crippen molar-refractivity contribution in [3.8, 4) is 0 Å². The zero-order chi connectivity index (χ0) is 20.4. The van der Waals surface area contributed by atoms with Crippen LogP contribution in [0.3, 0.4) is 0 Å². The Labute approximate surface area is 171 Å². The molecule has 2 bridgehead atoms. The molecule has 3 atom stereocenters. The van der Waals surface area contributed by atoms with E-state index in [0.29, 0.717) is 4.90 Å². The van der Waals surface area contributed by atoms with E-state index in [0.717, 1.165) is 31.4 Å². The zero-order valence-corrected chi connectivity index (χ0v) is 17.2. The predicted molar refractivity (Wildman–Crippen MR) is 111 cm³/mol. The van der Waals surface area contributed by atoms with Crippen molar-refractivity contribution in [1.82, 2.24) is 4.72 Å². The summed E-state index contributed by atoms with van der Waals surface area (Å²) in [4.78, 5) is 12.1. The van der Waals surface area contributed by atoms with Crippen molar-refractivity contribution in [2.75, 3.05) is 19.0 Å². The summed E-state index contributed by atoms with van der Waals surface area (Å²) >= 11 is 0. The molecular weight excluding hydrogens is 388 g/mol. The molecule has 6 nitrogen and oxygen atoms in total. The number of hydrogen-bond acceptors (Lipinski definition) is 4. The molecule has 2 aromatic carbocycles. The minimum Gasteiger partial charge on any atom is -0.375 e. The molecule has 2 aromatic rings. The fourth-order valence-corrected chi connectivity index (χ4v) is 6.05. The maximum absolute atomic E-state index is 12.9. The largest absolute Gasteiger partial charge is 0.375 e. The summed E-state index contributed by atoms with van der Waals surface area (Å²) < 4.78 is 33.6. The number of nitrogens with one attached hydrogen (secondary N) is 2. The number of fused-ring (bicyclic) bond motifs is 3. The first kappa shape index (κ1) is 20.1. The Morgan fingerprint density at radius 1 is 1.03 bits per heavy atom. The highest BCUT2D eigenvalue weighted by Gasteiger charge is 2.41. The summed E-state index contributed by atoms with van der Waals surface area (Å²) in [7, 11) is -2.05. The van der Waals surface area contributed by atoms with Gasteiger partial charge in [-0.3, -0.25) is 4.79 Å². The van der Waals surface area contributed by atoms with E-state index < -0.39 is 10.0 Å². The van der Waals surface area contributed by atoms with Gasteiger partial charge in [0.1, 0.15) is 6.61 Å². The number of anilines is 1. The maximum Gasteiger partial charge on any atom is 0.250 e. The first-order chi connectivity index (χ1) is 14.0. The lowest BCUT2D eigenvalue weighted by Crippen LogP contribution is -2.41. The molecule has 2 aliphatic carbocycles. The molecule has 1 saturated carbocycles. The fourth-order valence-electron chi connectivity index (χ4n) is 4.66. The van der Waals surface area contributed by atoms with Gasteiger partial charge in [0.25, 0.3) is 0 Å². The number of hydrogen-bond donors (Lipinski definition) is 2. The van der Waals surface area contributed by atoms with Gasteiger partial charge in [0.05, 0.1) is 4.90 Å². The third-order valence-electron chi connectivity index (χ3n) is 6.00. The van der Waals surface area contributed by atoms with Crippen molar-refractivity contribution < 1.29 is 17.9 Å². The lowest BCUT2D eigenvalue weighted by Gasteiger charge is -2.23. The van der Waals surface area contributed by atoms with Crippen LogP contribution in [0.4, 0.5) is 5.69 Å². The van der Waals surface area contributed by atoms with Crippen LogP contribution in [0.5, 0.6) is 0 Å². The molecule has 7 heteroatoms. The lowest BCUT2D eigenvalue weighted by molar-refractivity contribution is -0.119. The van der Waals surface area contributed by atoms with Crippen LogP contribution < -0.4 is 10.0 Å². The number of methoxy groups -OCH3 is 1. The summed E-state index contributed by atoms with van der Waals surface area (Å²) in [6, 6.07) is 14.5. The molecule has 4 rings (SSSR count). The lowest BCUT2D eigenvalue weighted by atomic mass is 9.93. The standard InChI is InChI=1S/C22H26N2O4S/c1-28-14-21(25)23-19-10-9-15-11-16-7-8-17(12-18(15)13-19)22(16)24-29(26,27)20-5-3-2-4-6-20/h2-6,9-10,13,16-17,22,24H,7-8,11-12,14H2,1H3,(H,23,25). The van der Waals surface area contributed by atoms with Crippen molar-refractivity contribution in [2.45, 2.75) is 36.6 Å². The van der Waals surface area contributed by atoms with E-state index in [1.807, 2.05) is 18.2 Å².